The topological polar surface area (TPSA) is 43.1 Å². The molecule has 0 aliphatic carbocycles. The fourth-order valence-electron chi connectivity index (χ4n) is 1.42. The van der Waals surface area contributed by atoms with Crippen LogP contribution in [0.15, 0.2) is 41.8 Å². The number of carbonyl (C=O) groups excluding carboxylic acids is 1. The third-order valence-electron chi connectivity index (χ3n) is 2.10. The minimum absolute atomic E-state index is 0.353. The van der Waals surface area contributed by atoms with Gasteiger partial charge >= 0.3 is 0 Å². The van der Waals surface area contributed by atoms with E-state index in [0.29, 0.717) is 0 Å². The lowest BCUT2D eigenvalue weighted by Crippen LogP contribution is -2.20. The van der Waals surface area contributed by atoms with Crippen LogP contribution in [0.3, 0.4) is 0 Å². The Balaban J connectivity index is 3.10. The summed E-state index contributed by atoms with van der Waals surface area (Å²) in [6, 6.07) is 7.80. The number of benzene rings is 1. The minimum Gasteiger partial charge on any atom is -0.369 e. The van der Waals surface area contributed by atoms with Crippen LogP contribution >= 0.6 is 11.8 Å². The minimum atomic E-state index is -0.389. The zero-order valence-electron chi connectivity index (χ0n) is 8.77. The average Bonchev–Trinajstić information content (AvgIpc) is 2.21. The number of primary amides is 1. The van der Waals surface area contributed by atoms with Crippen molar-refractivity contribution in [1.82, 2.24) is 0 Å². The molecule has 80 valence electrons. The first-order valence-corrected chi connectivity index (χ1v) is 5.82. The molecule has 0 aliphatic rings. The van der Waals surface area contributed by atoms with Crippen molar-refractivity contribution in [2.24, 2.45) is 5.73 Å². The Hall–Kier alpha value is -1.22. The Morgan fingerprint density at radius 1 is 1.60 bits per heavy atom. The molecule has 0 aliphatic heterocycles. The van der Waals surface area contributed by atoms with Gasteiger partial charge in [-0.1, -0.05) is 31.2 Å². The normalized spacial score (nSPS) is 12.1. The molecule has 1 atom stereocenters. The average molecular weight is 221 g/mol. The summed E-state index contributed by atoms with van der Waals surface area (Å²) in [6.07, 6.45) is 1.59. The second-order valence-corrected chi connectivity index (χ2v) is 4.39. The third-order valence-corrected chi connectivity index (χ3v) is 3.07. The van der Waals surface area contributed by atoms with Crippen LogP contribution in [-0.2, 0) is 4.79 Å². The van der Waals surface area contributed by atoms with E-state index in [2.05, 4.69) is 13.5 Å². The number of carbonyl (C=O) groups is 1. The lowest BCUT2D eigenvalue weighted by atomic mass is 9.99. The van der Waals surface area contributed by atoms with Gasteiger partial charge in [0.2, 0.25) is 5.91 Å². The van der Waals surface area contributed by atoms with Crippen LogP contribution in [0.2, 0.25) is 0 Å². The molecule has 0 bridgehead atoms. The summed E-state index contributed by atoms with van der Waals surface area (Å²) in [6.45, 7) is 5.73. The summed E-state index contributed by atoms with van der Waals surface area (Å²) >= 11 is 1.71. The Labute approximate surface area is 94.6 Å². The molecule has 0 saturated carbocycles. The fourth-order valence-corrected chi connectivity index (χ4v) is 2.27. The van der Waals surface area contributed by atoms with E-state index in [4.69, 9.17) is 5.73 Å². The zero-order chi connectivity index (χ0) is 11.3. The van der Waals surface area contributed by atoms with Crippen LogP contribution in [0, 0.1) is 0 Å². The Bertz CT molecular complexity index is 362. The number of amides is 1. The van der Waals surface area contributed by atoms with Crippen molar-refractivity contribution >= 4 is 17.7 Å². The molecule has 1 rings (SSSR count). The summed E-state index contributed by atoms with van der Waals surface area (Å²) in [5.41, 5.74) is 6.28. The Kier molecular flexibility index (Phi) is 4.43. The molecular weight excluding hydrogens is 206 g/mol. The van der Waals surface area contributed by atoms with Crippen LogP contribution in [0.1, 0.15) is 18.4 Å². The van der Waals surface area contributed by atoms with Crippen molar-refractivity contribution in [1.29, 1.82) is 0 Å². The maximum absolute atomic E-state index is 11.2. The first-order chi connectivity index (χ1) is 7.20. The van der Waals surface area contributed by atoms with Crippen molar-refractivity contribution in [3.63, 3.8) is 0 Å². The van der Waals surface area contributed by atoms with Gasteiger partial charge in [0.1, 0.15) is 0 Å². The monoisotopic (exact) mass is 221 g/mol. The van der Waals surface area contributed by atoms with Gasteiger partial charge in [0.05, 0.1) is 5.92 Å². The standard InChI is InChI=1S/C12H15NOS/c1-3-9(12(13)14)10-7-5-6-8-11(10)15-4-2/h3,5-9H,1,4H2,2H3,(H2,13,14). The molecule has 0 aromatic heterocycles. The first kappa shape index (κ1) is 11.9. The van der Waals surface area contributed by atoms with Gasteiger partial charge in [-0.3, -0.25) is 4.79 Å². The van der Waals surface area contributed by atoms with Crippen LogP contribution in [0.5, 0.6) is 0 Å². The molecule has 1 aromatic carbocycles. The van der Waals surface area contributed by atoms with Gasteiger partial charge in [-0.25, -0.2) is 0 Å². The molecular formula is C12H15NOS. The summed E-state index contributed by atoms with van der Waals surface area (Å²) in [5, 5.41) is 0. The van der Waals surface area contributed by atoms with Crippen molar-refractivity contribution in [3.05, 3.63) is 42.5 Å². The molecule has 1 unspecified atom stereocenters. The van der Waals surface area contributed by atoms with Gasteiger partial charge in [0.15, 0.2) is 0 Å². The predicted molar refractivity (Wildman–Crippen MR) is 65.0 cm³/mol. The summed E-state index contributed by atoms with van der Waals surface area (Å²) in [4.78, 5) is 12.3. The van der Waals surface area contributed by atoms with Crippen molar-refractivity contribution < 1.29 is 4.79 Å². The van der Waals surface area contributed by atoms with Gasteiger partial charge in [-0.15, -0.1) is 18.3 Å². The molecule has 0 fully saturated rings. The molecule has 3 heteroatoms. The van der Waals surface area contributed by atoms with Crippen LogP contribution in [-0.4, -0.2) is 11.7 Å². The van der Waals surface area contributed by atoms with E-state index in [0.717, 1.165) is 16.2 Å². The lowest BCUT2D eigenvalue weighted by molar-refractivity contribution is -0.118. The smallest absolute Gasteiger partial charge is 0.228 e. The highest BCUT2D eigenvalue weighted by Gasteiger charge is 2.16. The second kappa shape index (κ2) is 5.61. The third kappa shape index (κ3) is 2.86. The SMILES string of the molecule is C=CC(C(N)=O)c1ccccc1SCC. The van der Waals surface area contributed by atoms with Crippen LogP contribution in [0.4, 0.5) is 0 Å². The van der Waals surface area contributed by atoms with E-state index < -0.39 is 0 Å². The Morgan fingerprint density at radius 3 is 2.80 bits per heavy atom. The molecule has 1 aromatic rings. The lowest BCUT2D eigenvalue weighted by Gasteiger charge is -2.13. The quantitative estimate of drug-likeness (QED) is 0.613. The number of hydrogen-bond donors (Lipinski definition) is 1. The predicted octanol–water partition coefficient (Wildman–Crippen LogP) is 2.55. The molecule has 0 heterocycles. The van der Waals surface area contributed by atoms with E-state index in [9.17, 15) is 4.79 Å². The van der Waals surface area contributed by atoms with E-state index >= 15 is 0 Å². The second-order valence-electron chi connectivity index (χ2n) is 3.09. The summed E-state index contributed by atoms with van der Waals surface area (Å²) in [5.74, 6) is 0.231. The number of nitrogens with two attached hydrogens (primary N) is 1. The van der Waals surface area contributed by atoms with Gasteiger partial charge in [-0.2, -0.15) is 0 Å². The van der Waals surface area contributed by atoms with Crippen LogP contribution in [0.25, 0.3) is 0 Å². The highest BCUT2D eigenvalue weighted by atomic mass is 32.2. The fraction of sp³-hybridized carbons (Fsp3) is 0.250. The highest BCUT2D eigenvalue weighted by Crippen LogP contribution is 2.28. The van der Waals surface area contributed by atoms with E-state index in [1.54, 1.807) is 17.8 Å². The van der Waals surface area contributed by atoms with Crippen molar-refractivity contribution in [2.45, 2.75) is 17.7 Å². The van der Waals surface area contributed by atoms with Gasteiger partial charge in [0.25, 0.3) is 0 Å². The molecule has 0 spiro atoms. The molecule has 1 amide bonds. The Morgan fingerprint density at radius 2 is 2.27 bits per heavy atom. The zero-order valence-corrected chi connectivity index (χ0v) is 9.59. The molecule has 0 radical (unpaired) electrons. The van der Waals surface area contributed by atoms with E-state index in [1.165, 1.54) is 0 Å². The van der Waals surface area contributed by atoms with Crippen molar-refractivity contribution in [3.8, 4) is 0 Å². The maximum Gasteiger partial charge on any atom is 0.228 e. The highest BCUT2D eigenvalue weighted by molar-refractivity contribution is 7.99. The number of hydrogen-bond acceptors (Lipinski definition) is 2. The summed E-state index contributed by atoms with van der Waals surface area (Å²) in [7, 11) is 0. The molecule has 15 heavy (non-hydrogen) atoms. The maximum atomic E-state index is 11.2. The van der Waals surface area contributed by atoms with Gasteiger partial charge in [-0.05, 0) is 17.4 Å². The van der Waals surface area contributed by atoms with Gasteiger partial charge < -0.3 is 5.73 Å². The van der Waals surface area contributed by atoms with Gasteiger partial charge in [0, 0.05) is 4.90 Å². The first-order valence-electron chi connectivity index (χ1n) is 4.84. The van der Waals surface area contributed by atoms with Crippen molar-refractivity contribution in [2.75, 3.05) is 5.75 Å². The molecule has 2 nitrogen and oxygen atoms in total. The number of thioether (sulfide) groups is 1. The molecule has 0 saturated heterocycles. The van der Waals surface area contributed by atoms with E-state index in [-0.39, 0.29) is 11.8 Å². The number of rotatable bonds is 5. The largest absolute Gasteiger partial charge is 0.369 e. The summed E-state index contributed by atoms with van der Waals surface area (Å²) < 4.78 is 0. The van der Waals surface area contributed by atoms with E-state index in [1.807, 2.05) is 24.3 Å². The molecule has 2 N–H and O–H groups in total. The van der Waals surface area contributed by atoms with Crippen LogP contribution < -0.4 is 5.73 Å².